The zero-order valence-electron chi connectivity index (χ0n) is 20.6. The van der Waals surface area contributed by atoms with E-state index in [0.717, 1.165) is 11.1 Å². The molecule has 202 valence electrons. The van der Waals surface area contributed by atoms with E-state index < -0.39 is 15.9 Å². The van der Waals surface area contributed by atoms with E-state index in [9.17, 15) is 13.2 Å². The van der Waals surface area contributed by atoms with E-state index >= 15 is 0 Å². The highest BCUT2D eigenvalue weighted by Gasteiger charge is 2.36. The van der Waals surface area contributed by atoms with Gasteiger partial charge in [-0.15, -0.1) is 0 Å². The first kappa shape index (κ1) is 27.0. The van der Waals surface area contributed by atoms with E-state index in [2.05, 4.69) is 25.1 Å². The second kappa shape index (κ2) is 11.3. The van der Waals surface area contributed by atoms with Gasteiger partial charge in [0, 0.05) is 40.3 Å². The molecule has 3 aromatic carbocycles. The number of anilines is 3. The molecule has 1 fully saturated rings. The number of benzene rings is 3. The van der Waals surface area contributed by atoms with E-state index in [1.807, 2.05) is 48.5 Å². The summed E-state index contributed by atoms with van der Waals surface area (Å²) >= 11 is 12.2. The van der Waals surface area contributed by atoms with Crippen LogP contribution < -0.4 is 15.8 Å². The highest BCUT2D eigenvalue weighted by atomic mass is 35.5. The molecule has 12 heteroatoms. The van der Waals surface area contributed by atoms with E-state index in [4.69, 9.17) is 28.9 Å². The number of nitrogens with zero attached hydrogens (tertiary/aromatic N) is 2. The molecule has 5 N–H and O–H groups in total. The van der Waals surface area contributed by atoms with Gasteiger partial charge in [0.25, 0.3) is 5.91 Å². The van der Waals surface area contributed by atoms with E-state index in [0.29, 0.717) is 34.5 Å². The summed E-state index contributed by atoms with van der Waals surface area (Å²) in [5.41, 5.74) is 8.73. The number of rotatable bonds is 9. The van der Waals surface area contributed by atoms with Crippen molar-refractivity contribution in [1.82, 2.24) is 15.1 Å². The van der Waals surface area contributed by atoms with Crippen LogP contribution in [-0.2, 0) is 10.0 Å². The predicted octanol–water partition coefficient (Wildman–Crippen LogP) is 5.01. The fourth-order valence-electron chi connectivity index (χ4n) is 4.67. The summed E-state index contributed by atoms with van der Waals surface area (Å²) in [6.07, 6.45) is 1.38. The van der Waals surface area contributed by atoms with Gasteiger partial charge >= 0.3 is 0 Å². The zero-order valence-corrected chi connectivity index (χ0v) is 23.0. The Balaban J connectivity index is 1.23. The standard InChI is InChI=1S/C27H26Cl2N6O3S/c28-21-8-4-18(5-9-21)25(19-6-10-22(29)11-7-19)35-14-17(15-35)16-39(37,38)34-23-3-1-2-20(12-23)27(36)32-26-24(30)13-31-33-26/h1-13,17,25,34H,14-16,30H2,(H2,31,32,33,36). The first-order valence-electron chi connectivity index (χ1n) is 12.1. The molecule has 0 aliphatic carbocycles. The highest BCUT2D eigenvalue weighted by molar-refractivity contribution is 7.92. The third kappa shape index (κ3) is 6.54. The van der Waals surface area contributed by atoms with Crippen LogP contribution in [0.4, 0.5) is 17.2 Å². The zero-order chi connectivity index (χ0) is 27.6. The predicted molar refractivity (Wildman–Crippen MR) is 155 cm³/mol. The second-order valence-electron chi connectivity index (χ2n) is 9.44. The van der Waals surface area contributed by atoms with Crippen molar-refractivity contribution in [1.29, 1.82) is 0 Å². The van der Waals surface area contributed by atoms with Gasteiger partial charge in [0.2, 0.25) is 10.0 Å². The summed E-state index contributed by atoms with van der Waals surface area (Å²) in [6, 6.07) is 21.6. The topological polar surface area (TPSA) is 133 Å². The fourth-order valence-corrected chi connectivity index (χ4v) is 6.32. The minimum absolute atomic E-state index is 0.0431. The Kier molecular flexibility index (Phi) is 7.81. The summed E-state index contributed by atoms with van der Waals surface area (Å²) in [5.74, 6) is -0.272. The Morgan fingerprint density at radius 2 is 1.64 bits per heavy atom. The number of aromatic nitrogens is 2. The van der Waals surface area contributed by atoms with Crippen molar-refractivity contribution in [3.05, 3.63) is 106 Å². The molecule has 5 rings (SSSR count). The molecule has 0 bridgehead atoms. The van der Waals surface area contributed by atoms with Crippen LogP contribution in [-0.4, -0.2) is 48.3 Å². The number of hydrogen-bond donors (Lipinski definition) is 4. The monoisotopic (exact) mass is 584 g/mol. The van der Waals surface area contributed by atoms with Gasteiger partial charge in [-0.05, 0) is 53.6 Å². The number of H-pyrrole nitrogens is 1. The normalized spacial score (nSPS) is 14.2. The molecule has 0 atom stereocenters. The van der Waals surface area contributed by atoms with Crippen LogP contribution in [0.1, 0.15) is 27.5 Å². The summed E-state index contributed by atoms with van der Waals surface area (Å²) in [7, 11) is -3.66. The van der Waals surface area contributed by atoms with Crippen LogP contribution in [0.2, 0.25) is 10.0 Å². The molecule has 39 heavy (non-hydrogen) atoms. The maximum atomic E-state index is 13.0. The average molecular weight is 586 g/mol. The largest absolute Gasteiger partial charge is 0.394 e. The molecule has 1 aromatic heterocycles. The number of nitrogens with two attached hydrogens (primary N) is 1. The molecular formula is C27H26Cl2N6O3S. The lowest BCUT2D eigenvalue weighted by molar-refractivity contribution is 0.0813. The van der Waals surface area contributed by atoms with Gasteiger partial charge < -0.3 is 11.1 Å². The molecule has 1 aliphatic rings. The molecule has 1 aliphatic heterocycles. The summed E-state index contributed by atoms with van der Waals surface area (Å²) < 4.78 is 28.6. The highest BCUT2D eigenvalue weighted by Crippen LogP contribution is 2.36. The van der Waals surface area contributed by atoms with Crippen molar-refractivity contribution in [2.75, 3.05) is 34.6 Å². The summed E-state index contributed by atoms with van der Waals surface area (Å²) in [6.45, 7) is 1.20. The Morgan fingerprint density at radius 3 is 2.21 bits per heavy atom. The number of sulfonamides is 1. The molecule has 9 nitrogen and oxygen atoms in total. The molecule has 1 saturated heterocycles. The number of hydrogen-bond acceptors (Lipinski definition) is 6. The number of nitrogen functional groups attached to an aromatic ring is 1. The van der Waals surface area contributed by atoms with Crippen molar-refractivity contribution in [2.45, 2.75) is 6.04 Å². The van der Waals surface area contributed by atoms with Gasteiger partial charge in [0.15, 0.2) is 5.82 Å². The maximum Gasteiger partial charge on any atom is 0.256 e. The van der Waals surface area contributed by atoms with E-state index in [1.54, 1.807) is 18.2 Å². The van der Waals surface area contributed by atoms with Gasteiger partial charge in [0.1, 0.15) is 0 Å². The number of halogens is 2. The van der Waals surface area contributed by atoms with Gasteiger partial charge in [-0.2, -0.15) is 5.10 Å². The van der Waals surface area contributed by atoms with E-state index in [-0.39, 0.29) is 29.1 Å². The van der Waals surface area contributed by atoms with Gasteiger partial charge in [-0.3, -0.25) is 19.5 Å². The SMILES string of the molecule is Nc1cn[nH]c1NC(=O)c1cccc(NS(=O)(=O)CC2CN(C(c3ccc(Cl)cc3)c3ccc(Cl)cc3)C2)c1. The molecule has 4 aromatic rings. The summed E-state index contributed by atoms with van der Waals surface area (Å²) in [4.78, 5) is 14.8. The van der Waals surface area contributed by atoms with Gasteiger partial charge in [0.05, 0.1) is 23.7 Å². The first-order chi connectivity index (χ1) is 18.7. The smallest absolute Gasteiger partial charge is 0.256 e. The molecule has 0 unspecified atom stereocenters. The van der Waals surface area contributed by atoms with Crippen molar-refractivity contribution in [3.63, 3.8) is 0 Å². The third-order valence-electron chi connectivity index (χ3n) is 6.48. The Hall–Kier alpha value is -3.57. The lowest BCUT2D eigenvalue weighted by Gasteiger charge is -2.44. The number of carbonyl (C=O) groups is 1. The Bertz CT molecular complexity index is 1520. The number of aromatic amines is 1. The van der Waals surface area contributed by atoms with E-state index in [1.165, 1.54) is 12.3 Å². The van der Waals surface area contributed by atoms with Crippen LogP contribution in [0.15, 0.2) is 79.0 Å². The van der Waals surface area contributed by atoms with Crippen molar-refractivity contribution >= 4 is 56.3 Å². The van der Waals surface area contributed by atoms with Crippen LogP contribution in [0.3, 0.4) is 0 Å². The lowest BCUT2D eigenvalue weighted by Crippen LogP contribution is -2.51. The average Bonchev–Trinajstić information content (AvgIpc) is 3.28. The number of nitrogens with one attached hydrogen (secondary N) is 3. The van der Waals surface area contributed by atoms with Crippen LogP contribution in [0.5, 0.6) is 0 Å². The van der Waals surface area contributed by atoms with Gasteiger partial charge in [-0.1, -0.05) is 53.5 Å². The van der Waals surface area contributed by atoms with Crippen molar-refractivity contribution < 1.29 is 13.2 Å². The lowest BCUT2D eigenvalue weighted by atomic mass is 9.91. The second-order valence-corrected chi connectivity index (χ2v) is 12.1. The summed E-state index contributed by atoms with van der Waals surface area (Å²) in [5, 5.41) is 10.3. The van der Waals surface area contributed by atoms with Crippen LogP contribution in [0, 0.1) is 5.92 Å². The minimum atomic E-state index is -3.66. The van der Waals surface area contributed by atoms with Gasteiger partial charge in [-0.25, -0.2) is 8.42 Å². The minimum Gasteiger partial charge on any atom is -0.394 e. The maximum absolute atomic E-state index is 13.0. The molecular weight excluding hydrogens is 559 g/mol. The molecule has 0 radical (unpaired) electrons. The van der Waals surface area contributed by atoms with Crippen molar-refractivity contribution in [2.24, 2.45) is 5.92 Å². The quantitative estimate of drug-likeness (QED) is 0.218. The van der Waals surface area contributed by atoms with Crippen molar-refractivity contribution in [3.8, 4) is 0 Å². The first-order valence-corrected chi connectivity index (χ1v) is 14.5. The fraction of sp³-hybridized carbons (Fsp3) is 0.185. The number of carbonyl (C=O) groups excluding carboxylic acids is 1. The molecule has 2 heterocycles. The Labute approximate surface area is 236 Å². The Morgan fingerprint density at radius 1 is 1.03 bits per heavy atom. The molecule has 1 amide bonds. The number of amides is 1. The van der Waals surface area contributed by atoms with Crippen LogP contribution >= 0.6 is 23.2 Å². The van der Waals surface area contributed by atoms with Crippen LogP contribution in [0.25, 0.3) is 0 Å². The molecule has 0 saturated carbocycles. The number of likely N-dealkylation sites (tertiary alicyclic amines) is 1. The molecule has 0 spiro atoms. The third-order valence-corrected chi connectivity index (χ3v) is 8.44.